The Morgan fingerprint density at radius 1 is 0.871 bits per heavy atom. The van der Waals surface area contributed by atoms with Crippen LogP contribution in [0.4, 0.5) is 30.7 Å². The molecule has 1 aliphatic rings. The molecule has 31 heavy (non-hydrogen) atoms. The van der Waals surface area contributed by atoms with Gasteiger partial charge in [-0.05, 0) is 36.6 Å². The summed E-state index contributed by atoms with van der Waals surface area (Å²) < 4.78 is 94.0. The zero-order chi connectivity index (χ0) is 22.8. The molecule has 0 radical (unpaired) electrons. The third kappa shape index (κ3) is 3.12. The summed E-state index contributed by atoms with van der Waals surface area (Å²) in [5.74, 6) is -0.952. The summed E-state index contributed by atoms with van der Waals surface area (Å²) in [5.41, 5.74) is -7.98. The van der Waals surface area contributed by atoms with E-state index in [4.69, 9.17) is 0 Å². The van der Waals surface area contributed by atoms with Gasteiger partial charge in [-0.1, -0.05) is 30.3 Å². The molecule has 0 amide bonds. The van der Waals surface area contributed by atoms with Crippen molar-refractivity contribution in [1.82, 2.24) is 4.98 Å². The van der Waals surface area contributed by atoms with E-state index >= 15 is 0 Å². The Bertz CT molecular complexity index is 1140. The summed E-state index contributed by atoms with van der Waals surface area (Å²) in [5, 5.41) is 20.1. The predicted molar refractivity (Wildman–Crippen MR) is 95.8 cm³/mol. The Morgan fingerprint density at radius 3 is 1.97 bits per heavy atom. The molecule has 0 saturated heterocycles. The van der Waals surface area contributed by atoms with Gasteiger partial charge in [-0.15, -0.1) is 0 Å². The van der Waals surface area contributed by atoms with Gasteiger partial charge in [-0.25, -0.2) is 9.37 Å². The number of benzene rings is 2. The predicted octanol–water partition coefficient (Wildman–Crippen LogP) is 5.47. The van der Waals surface area contributed by atoms with E-state index in [1.807, 2.05) is 0 Å². The Balaban J connectivity index is 1.99. The molecule has 0 unspecified atom stereocenters. The van der Waals surface area contributed by atoms with Crippen LogP contribution in [0.15, 0.2) is 48.5 Å². The topological polar surface area (TPSA) is 53.4 Å². The fourth-order valence-corrected chi connectivity index (χ4v) is 3.85. The number of aliphatic hydroxyl groups is 1. The lowest BCUT2D eigenvalue weighted by atomic mass is 9.88. The second-order valence-corrected chi connectivity index (χ2v) is 7.53. The highest BCUT2D eigenvalue weighted by Gasteiger charge is 2.72. The number of hydrogen-bond donors (Lipinski definition) is 2. The van der Waals surface area contributed by atoms with Gasteiger partial charge in [0.25, 0.3) is 5.60 Å². The van der Waals surface area contributed by atoms with Gasteiger partial charge in [-0.2, -0.15) is 26.3 Å². The van der Waals surface area contributed by atoms with Crippen LogP contribution >= 0.6 is 0 Å². The molecule has 10 heteroatoms. The highest BCUT2D eigenvalue weighted by atomic mass is 19.4. The van der Waals surface area contributed by atoms with E-state index in [9.17, 15) is 40.9 Å². The summed E-state index contributed by atoms with van der Waals surface area (Å²) in [6, 6.07) is 8.76. The molecule has 3 nitrogen and oxygen atoms in total. The first-order valence-electron chi connectivity index (χ1n) is 9.07. The summed E-state index contributed by atoms with van der Waals surface area (Å²) in [7, 11) is 0. The van der Waals surface area contributed by atoms with Crippen LogP contribution < -0.4 is 0 Å². The van der Waals surface area contributed by atoms with E-state index in [1.165, 1.54) is 18.2 Å². The first kappa shape index (κ1) is 21.4. The minimum absolute atomic E-state index is 0.134. The Labute approximate surface area is 170 Å². The fourth-order valence-electron chi connectivity index (χ4n) is 3.85. The van der Waals surface area contributed by atoms with Gasteiger partial charge in [0, 0.05) is 16.4 Å². The molecule has 2 aromatic carbocycles. The number of para-hydroxylation sites is 1. The number of alkyl halides is 6. The molecule has 1 saturated carbocycles. The van der Waals surface area contributed by atoms with Gasteiger partial charge in [0.15, 0.2) is 0 Å². The number of fused-ring (bicyclic) bond motifs is 1. The number of aromatic nitrogens is 1. The molecule has 0 aliphatic heterocycles. The normalized spacial score (nSPS) is 16.5. The monoisotopic (exact) mass is 445 g/mol. The molecular weight excluding hydrogens is 431 g/mol. The maximum Gasteiger partial charge on any atom is 0.430 e. The second-order valence-electron chi connectivity index (χ2n) is 7.53. The maximum atomic E-state index is 13.5. The summed E-state index contributed by atoms with van der Waals surface area (Å²) in [6.45, 7) is 0. The standard InChI is InChI=1S/C21H14F7NO2/c22-13-6-4-12(5-7-13)18(8-9-18)17-15(30)10-11-2-1-3-14(16(11)29-17)19(31,20(23,24)25)21(26,27)28/h1-7,10,30-31H,8-9H2. The average molecular weight is 445 g/mol. The fraction of sp³-hybridized carbons (Fsp3) is 0.286. The lowest BCUT2D eigenvalue weighted by molar-refractivity contribution is -0.375. The number of nitrogens with zero attached hydrogens (tertiary/aromatic N) is 1. The molecule has 0 bridgehead atoms. The van der Waals surface area contributed by atoms with Crippen LogP contribution in [0.2, 0.25) is 0 Å². The number of hydrogen-bond acceptors (Lipinski definition) is 3. The molecule has 0 atom stereocenters. The zero-order valence-electron chi connectivity index (χ0n) is 15.5. The Morgan fingerprint density at radius 2 is 1.45 bits per heavy atom. The molecule has 4 rings (SSSR count). The van der Waals surface area contributed by atoms with E-state index in [0.29, 0.717) is 24.5 Å². The molecular formula is C21H14F7NO2. The van der Waals surface area contributed by atoms with Crippen molar-refractivity contribution in [2.75, 3.05) is 0 Å². The largest absolute Gasteiger partial charge is 0.506 e. The van der Waals surface area contributed by atoms with Crippen LogP contribution in [-0.4, -0.2) is 27.5 Å². The molecule has 0 spiro atoms. The molecule has 1 aromatic heterocycles. The third-order valence-corrected chi connectivity index (χ3v) is 5.64. The SMILES string of the molecule is Oc1cc2cccc(C(O)(C(F)(F)F)C(F)(F)F)c2nc1C1(c2ccc(F)cc2)CC1. The molecule has 3 aromatic rings. The van der Waals surface area contributed by atoms with E-state index in [0.717, 1.165) is 24.3 Å². The van der Waals surface area contributed by atoms with Gasteiger partial charge in [-0.3, -0.25) is 0 Å². The summed E-state index contributed by atoms with van der Waals surface area (Å²) in [4.78, 5) is 4.00. The minimum Gasteiger partial charge on any atom is -0.506 e. The van der Waals surface area contributed by atoms with Crippen molar-refractivity contribution in [3.05, 3.63) is 71.2 Å². The van der Waals surface area contributed by atoms with Crippen LogP contribution in [0, 0.1) is 5.82 Å². The van der Waals surface area contributed by atoms with Crippen LogP contribution in [0.3, 0.4) is 0 Å². The van der Waals surface area contributed by atoms with E-state index < -0.39 is 46.0 Å². The number of aromatic hydroxyl groups is 1. The smallest absolute Gasteiger partial charge is 0.430 e. The minimum atomic E-state index is -6.08. The summed E-state index contributed by atoms with van der Waals surface area (Å²) in [6.07, 6.45) is -11.4. The quantitative estimate of drug-likeness (QED) is 0.526. The van der Waals surface area contributed by atoms with Gasteiger partial charge in [0.2, 0.25) is 0 Å². The van der Waals surface area contributed by atoms with Crippen molar-refractivity contribution in [3.63, 3.8) is 0 Å². The number of halogens is 7. The van der Waals surface area contributed by atoms with Crippen molar-refractivity contribution < 1.29 is 40.9 Å². The van der Waals surface area contributed by atoms with Crippen LogP contribution in [0.25, 0.3) is 10.9 Å². The first-order chi connectivity index (χ1) is 14.3. The zero-order valence-corrected chi connectivity index (χ0v) is 15.5. The molecule has 1 fully saturated rings. The molecule has 1 heterocycles. The van der Waals surface area contributed by atoms with E-state index in [-0.39, 0.29) is 11.1 Å². The van der Waals surface area contributed by atoms with Crippen molar-refractivity contribution in [1.29, 1.82) is 0 Å². The molecule has 2 N–H and O–H groups in total. The van der Waals surface area contributed by atoms with Crippen LogP contribution in [-0.2, 0) is 11.0 Å². The lowest BCUT2D eigenvalue weighted by Crippen LogP contribution is -2.54. The highest BCUT2D eigenvalue weighted by Crippen LogP contribution is 2.56. The lowest BCUT2D eigenvalue weighted by Gasteiger charge is -2.33. The molecule has 164 valence electrons. The van der Waals surface area contributed by atoms with Gasteiger partial charge < -0.3 is 10.2 Å². The van der Waals surface area contributed by atoms with Crippen molar-refractivity contribution in [3.8, 4) is 5.75 Å². The second kappa shape index (κ2) is 6.56. The van der Waals surface area contributed by atoms with Gasteiger partial charge in [0.1, 0.15) is 11.6 Å². The van der Waals surface area contributed by atoms with Crippen LogP contribution in [0.5, 0.6) is 5.75 Å². The highest BCUT2D eigenvalue weighted by molar-refractivity contribution is 5.85. The van der Waals surface area contributed by atoms with Crippen molar-refractivity contribution in [2.24, 2.45) is 0 Å². The Kier molecular flexibility index (Phi) is 4.52. The van der Waals surface area contributed by atoms with Crippen molar-refractivity contribution >= 4 is 10.9 Å². The first-order valence-corrected chi connectivity index (χ1v) is 9.07. The summed E-state index contributed by atoms with van der Waals surface area (Å²) >= 11 is 0. The van der Waals surface area contributed by atoms with Gasteiger partial charge >= 0.3 is 12.4 Å². The van der Waals surface area contributed by atoms with Crippen molar-refractivity contribution in [2.45, 2.75) is 36.2 Å². The van der Waals surface area contributed by atoms with Gasteiger partial charge in [0.05, 0.1) is 11.2 Å². The maximum absolute atomic E-state index is 13.5. The van der Waals surface area contributed by atoms with Crippen LogP contribution in [0.1, 0.15) is 29.7 Å². The number of rotatable bonds is 3. The van der Waals surface area contributed by atoms with E-state index in [2.05, 4.69) is 4.98 Å². The Hall–Kier alpha value is -2.88. The van der Waals surface area contributed by atoms with E-state index in [1.54, 1.807) is 0 Å². The molecule has 1 aliphatic carbocycles. The third-order valence-electron chi connectivity index (χ3n) is 5.64. The number of pyridine rings is 1. The average Bonchev–Trinajstić information content (AvgIpc) is 3.46.